The van der Waals surface area contributed by atoms with Crippen LogP contribution in [-0.2, 0) is 4.79 Å². The van der Waals surface area contributed by atoms with E-state index in [1.165, 1.54) is 4.88 Å². The lowest BCUT2D eigenvalue weighted by Gasteiger charge is -2.09. The summed E-state index contributed by atoms with van der Waals surface area (Å²) in [6.45, 7) is 5.55. The summed E-state index contributed by atoms with van der Waals surface area (Å²) >= 11 is 1.65. The second-order valence-corrected chi connectivity index (χ2v) is 5.98. The highest BCUT2D eigenvalue weighted by Gasteiger charge is 2.10. The summed E-state index contributed by atoms with van der Waals surface area (Å²) < 4.78 is 0. The molecule has 0 aromatic carbocycles. The fraction of sp³-hybridized carbons (Fsp3) is 0.500. The molecule has 6 nitrogen and oxygen atoms in total. The van der Waals surface area contributed by atoms with E-state index in [0.29, 0.717) is 18.9 Å². The summed E-state index contributed by atoms with van der Waals surface area (Å²) in [5.41, 5.74) is 0. The highest BCUT2D eigenvalue weighted by Crippen LogP contribution is 2.29. The molecule has 0 saturated heterocycles. The highest BCUT2D eigenvalue weighted by atomic mass is 32.1. The first-order valence-electron chi connectivity index (χ1n) is 7.10. The Labute approximate surface area is 128 Å². The van der Waals surface area contributed by atoms with Crippen molar-refractivity contribution in [1.82, 2.24) is 15.3 Å². The van der Waals surface area contributed by atoms with E-state index in [1.54, 1.807) is 18.4 Å². The predicted octanol–water partition coefficient (Wildman–Crippen LogP) is 2.37. The SMILES string of the molecule is CCCNc1nc(NCCC(=O)NC)c2cc(C)sc2n1. The lowest BCUT2D eigenvalue weighted by Crippen LogP contribution is -2.21. The molecule has 2 heterocycles. The van der Waals surface area contributed by atoms with Crippen molar-refractivity contribution in [2.45, 2.75) is 26.7 Å². The molecule has 3 N–H and O–H groups in total. The van der Waals surface area contributed by atoms with Gasteiger partial charge in [0.2, 0.25) is 11.9 Å². The zero-order valence-electron chi connectivity index (χ0n) is 12.6. The maximum Gasteiger partial charge on any atom is 0.226 e. The predicted molar refractivity (Wildman–Crippen MR) is 88.1 cm³/mol. The first kappa shape index (κ1) is 15.5. The summed E-state index contributed by atoms with van der Waals surface area (Å²) in [5.74, 6) is 1.43. The van der Waals surface area contributed by atoms with Gasteiger partial charge in [-0.2, -0.15) is 4.98 Å². The minimum Gasteiger partial charge on any atom is -0.369 e. The number of rotatable bonds is 7. The van der Waals surface area contributed by atoms with E-state index < -0.39 is 0 Å². The van der Waals surface area contributed by atoms with Gasteiger partial charge in [-0.25, -0.2) is 4.98 Å². The van der Waals surface area contributed by atoms with Crippen LogP contribution in [-0.4, -0.2) is 36.0 Å². The number of thiophene rings is 1. The molecular weight excluding hydrogens is 286 g/mol. The van der Waals surface area contributed by atoms with Gasteiger partial charge in [0.15, 0.2) is 0 Å². The van der Waals surface area contributed by atoms with Gasteiger partial charge in [0.1, 0.15) is 10.6 Å². The minimum absolute atomic E-state index is 0.0126. The second-order valence-electron chi connectivity index (χ2n) is 4.75. The van der Waals surface area contributed by atoms with Crippen LogP contribution < -0.4 is 16.0 Å². The fourth-order valence-corrected chi connectivity index (χ4v) is 2.79. The Balaban J connectivity index is 2.19. The van der Waals surface area contributed by atoms with Crippen molar-refractivity contribution in [3.8, 4) is 0 Å². The van der Waals surface area contributed by atoms with Crippen molar-refractivity contribution in [2.75, 3.05) is 30.8 Å². The number of hydrogen-bond acceptors (Lipinski definition) is 6. The average molecular weight is 307 g/mol. The Morgan fingerprint density at radius 2 is 2.10 bits per heavy atom. The van der Waals surface area contributed by atoms with Crippen molar-refractivity contribution in [1.29, 1.82) is 0 Å². The number of nitrogens with one attached hydrogen (secondary N) is 3. The fourth-order valence-electron chi connectivity index (χ4n) is 1.91. The van der Waals surface area contributed by atoms with Gasteiger partial charge in [0.05, 0.1) is 5.39 Å². The van der Waals surface area contributed by atoms with Gasteiger partial charge in [-0.05, 0) is 19.4 Å². The van der Waals surface area contributed by atoms with Crippen molar-refractivity contribution >= 4 is 39.2 Å². The zero-order valence-corrected chi connectivity index (χ0v) is 13.4. The molecule has 2 aromatic rings. The van der Waals surface area contributed by atoms with Crippen LogP contribution in [0.3, 0.4) is 0 Å². The van der Waals surface area contributed by atoms with Gasteiger partial charge in [-0.1, -0.05) is 6.92 Å². The molecule has 114 valence electrons. The molecule has 21 heavy (non-hydrogen) atoms. The van der Waals surface area contributed by atoms with Crippen molar-refractivity contribution in [2.24, 2.45) is 0 Å². The molecule has 0 fully saturated rings. The molecule has 2 rings (SSSR count). The third kappa shape index (κ3) is 4.04. The molecule has 2 aromatic heterocycles. The molecule has 0 aliphatic heterocycles. The minimum atomic E-state index is 0.0126. The number of nitrogens with zero attached hydrogens (tertiary/aromatic N) is 2. The Kier molecular flexibility index (Phi) is 5.32. The zero-order chi connectivity index (χ0) is 15.2. The largest absolute Gasteiger partial charge is 0.369 e. The van der Waals surface area contributed by atoms with Crippen LogP contribution in [0.5, 0.6) is 0 Å². The van der Waals surface area contributed by atoms with Crippen molar-refractivity contribution < 1.29 is 4.79 Å². The molecular formula is C14H21N5OS. The normalized spacial score (nSPS) is 10.6. The summed E-state index contributed by atoms with van der Waals surface area (Å²) in [4.78, 5) is 22.5. The number of hydrogen-bond donors (Lipinski definition) is 3. The lowest BCUT2D eigenvalue weighted by molar-refractivity contribution is -0.120. The molecule has 1 amide bonds. The van der Waals surface area contributed by atoms with Crippen molar-refractivity contribution in [3.05, 3.63) is 10.9 Å². The number of aromatic nitrogens is 2. The lowest BCUT2D eigenvalue weighted by atomic mass is 10.3. The van der Waals surface area contributed by atoms with Crippen LogP contribution in [0.15, 0.2) is 6.07 Å². The van der Waals surface area contributed by atoms with Crippen LogP contribution in [0.1, 0.15) is 24.6 Å². The van der Waals surface area contributed by atoms with Crippen LogP contribution in [0.2, 0.25) is 0 Å². The number of aryl methyl sites for hydroxylation is 1. The first-order valence-corrected chi connectivity index (χ1v) is 7.92. The summed E-state index contributed by atoms with van der Waals surface area (Å²) in [5, 5.41) is 10.1. The molecule has 0 unspecified atom stereocenters. The number of fused-ring (bicyclic) bond motifs is 1. The maximum absolute atomic E-state index is 11.3. The molecule has 0 radical (unpaired) electrons. The number of anilines is 2. The van der Waals surface area contributed by atoms with Gasteiger partial charge < -0.3 is 16.0 Å². The molecule has 0 saturated carbocycles. The number of carbonyl (C=O) groups is 1. The number of carbonyl (C=O) groups excluding carboxylic acids is 1. The van der Waals surface area contributed by atoms with Gasteiger partial charge in [-0.3, -0.25) is 4.79 Å². The quantitative estimate of drug-likeness (QED) is 0.732. The molecule has 0 bridgehead atoms. The van der Waals surface area contributed by atoms with Crippen LogP contribution in [0.4, 0.5) is 11.8 Å². The van der Waals surface area contributed by atoms with E-state index in [4.69, 9.17) is 0 Å². The number of amides is 1. The Hall–Kier alpha value is -1.89. The van der Waals surface area contributed by atoms with E-state index in [1.807, 2.05) is 0 Å². The van der Waals surface area contributed by atoms with E-state index in [0.717, 1.165) is 29.0 Å². The molecule has 0 aliphatic rings. The van der Waals surface area contributed by atoms with Crippen molar-refractivity contribution in [3.63, 3.8) is 0 Å². The van der Waals surface area contributed by atoms with Crippen LogP contribution in [0.25, 0.3) is 10.2 Å². The van der Waals surface area contributed by atoms with Gasteiger partial charge in [0.25, 0.3) is 0 Å². The molecule has 7 heteroatoms. The molecule has 0 spiro atoms. The van der Waals surface area contributed by atoms with Gasteiger partial charge in [-0.15, -0.1) is 11.3 Å². The third-order valence-electron chi connectivity index (χ3n) is 2.97. The Morgan fingerprint density at radius 1 is 1.29 bits per heavy atom. The smallest absolute Gasteiger partial charge is 0.226 e. The highest BCUT2D eigenvalue weighted by molar-refractivity contribution is 7.18. The van der Waals surface area contributed by atoms with Crippen LogP contribution in [0, 0.1) is 6.92 Å². The average Bonchev–Trinajstić information content (AvgIpc) is 2.85. The summed E-state index contributed by atoms with van der Waals surface area (Å²) in [6.07, 6.45) is 1.44. The maximum atomic E-state index is 11.3. The van der Waals surface area contributed by atoms with E-state index in [2.05, 4.69) is 45.8 Å². The monoisotopic (exact) mass is 307 g/mol. The molecule has 0 atom stereocenters. The Bertz CT molecular complexity index is 625. The van der Waals surface area contributed by atoms with E-state index >= 15 is 0 Å². The summed E-state index contributed by atoms with van der Waals surface area (Å²) in [7, 11) is 1.64. The second kappa shape index (κ2) is 7.21. The van der Waals surface area contributed by atoms with E-state index in [-0.39, 0.29) is 5.91 Å². The summed E-state index contributed by atoms with van der Waals surface area (Å²) in [6, 6.07) is 2.08. The van der Waals surface area contributed by atoms with Crippen LogP contribution >= 0.6 is 11.3 Å². The topological polar surface area (TPSA) is 78.9 Å². The third-order valence-corrected chi connectivity index (χ3v) is 3.92. The molecule has 0 aliphatic carbocycles. The first-order chi connectivity index (χ1) is 10.1. The van der Waals surface area contributed by atoms with Gasteiger partial charge in [0, 0.05) is 31.4 Å². The van der Waals surface area contributed by atoms with E-state index in [9.17, 15) is 4.79 Å². The van der Waals surface area contributed by atoms with Gasteiger partial charge >= 0.3 is 0 Å². The Morgan fingerprint density at radius 3 is 2.81 bits per heavy atom. The standard InChI is InChI=1S/C14H21N5OS/c1-4-6-17-14-18-12(16-7-5-11(20)15-3)10-8-9(2)21-13(10)19-14/h8H,4-7H2,1-3H3,(H,15,20)(H2,16,17,18,19).